The maximum absolute atomic E-state index is 12.7. The second kappa shape index (κ2) is 9.37. The van der Waals surface area contributed by atoms with E-state index < -0.39 is 22.8 Å². The number of barbiturate groups is 1. The fraction of sp³-hybridized carbons (Fsp3) is 0.250. The van der Waals surface area contributed by atoms with Gasteiger partial charge in [-0.3, -0.25) is 34.3 Å². The van der Waals surface area contributed by atoms with Crippen LogP contribution >= 0.6 is 0 Å². The Morgan fingerprint density at radius 1 is 0.914 bits per heavy atom. The zero-order valence-corrected chi connectivity index (χ0v) is 19.2. The summed E-state index contributed by atoms with van der Waals surface area (Å²) >= 11 is 0. The zero-order valence-electron chi connectivity index (χ0n) is 19.2. The van der Waals surface area contributed by atoms with Gasteiger partial charge in [0.15, 0.2) is 0 Å². The fourth-order valence-electron chi connectivity index (χ4n) is 4.10. The number of nitro groups is 1. The van der Waals surface area contributed by atoms with Crippen molar-refractivity contribution >= 4 is 41.2 Å². The number of piperazine rings is 1. The number of nitrogens with zero attached hydrogens (tertiary/aromatic N) is 5. The Bertz CT molecular complexity index is 1220. The molecule has 2 aromatic carbocycles. The normalized spacial score (nSPS) is 16.6. The molecule has 0 aromatic heterocycles. The van der Waals surface area contributed by atoms with Crippen LogP contribution in [0.3, 0.4) is 0 Å². The van der Waals surface area contributed by atoms with Crippen LogP contribution in [0, 0.1) is 10.1 Å². The van der Waals surface area contributed by atoms with Crippen molar-refractivity contribution in [3.8, 4) is 0 Å². The summed E-state index contributed by atoms with van der Waals surface area (Å²) in [5.74, 6) is -1.63. The maximum Gasteiger partial charge on any atom is 0.333 e. The molecule has 0 unspecified atom stereocenters. The minimum absolute atomic E-state index is 0.0862. The number of anilines is 1. The first-order valence-corrected chi connectivity index (χ1v) is 10.9. The quantitative estimate of drug-likeness (QED) is 0.285. The number of amides is 5. The Morgan fingerprint density at radius 2 is 1.51 bits per heavy atom. The van der Waals surface area contributed by atoms with Gasteiger partial charge in [-0.15, -0.1) is 0 Å². The number of carbonyl (C=O) groups excluding carboxylic acids is 4. The van der Waals surface area contributed by atoms with Crippen molar-refractivity contribution in [2.75, 3.05) is 45.2 Å². The Hall–Kier alpha value is -4.54. The summed E-state index contributed by atoms with van der Waals surface area (Å²) < 4.78 is 0. The van der Waals surface area contributed by atoms with Gasteiger partial charge in [-0.05, 0) is 29.8 Å². The van der Waals surface area contributed by atoms with Gasteiger partial charge in [0.25, 0.3) is 23.4 Å². The summed E-state index contributed by atoms with van der Waals surface area (Å²) in [6.45, 7) is 1.64. The molecule has 0 atom stereocenters. The molecule has 0 spiro atoms. The largest absolute Gasteiger partial charge is 0.362 e. The first kappa shape index (κ1) is 23.6. The number of urea groups is 1. The van der Waals surface area contributed by atoms with E-state index in [1.807, 2.05) is 11.0 Å². The van der Waals surface area contributed by atoms with Gasteiger partial charge >= 0.3 is 6.03 Å². The van der Waals surface area contributed by atoms with Gasteiger partial charge in [-0.2, -0.15) is 0 Å². The van der Waals surface area contributed by atoms with Gasteiger partial charge in [-0.1, -0.05) is 24.3 Å². The molecule has 2 saturated heterocycles. The summed E-state index contributed by atoms with van der Waals surface area (Å²) in [6.07, 6.45) is 1.25. The highest BCUT2D eigenvalue weighted by molar-refractivity contribution is 6.30. The summed E-state index contributed by atoms with van der Waals surface area (Å²) in [4.78, 5) is 66.0. The Balaban J connectivity index is 1.55. The molecule has 35 heavy (non-hydrogen) atoms. The second-order valence-corrected chi connectivity index (χ2v) is 8.22. The average Bonchev–Trinajstić information content (AvgIpc) is 2.89. The highest BCUT2D eigenvalue weighted by Gasteiger charge is 2.38. The molecule has 2 aliphatic rings. The number of benzene rings is 2. The molecule has 2 aromatic rings. The minimum Gasteiger partial charge on any atom is -0.362 e. The molecule has 4 rings (SSSR count). The second-order valence-electron chi connectivity index (χ2n) is 8.22. The van der Waals surface area contributed by atoms with Crippen LogP contribution in [0.2, 0.25) is 0 Å². The topological polar surface area (TPSA) is 124 Å². The van der Waals surface area contributed by atoms with Crippen molar-refractivity contribution in [3.05, 3.63) is 75.3 Å². The van der Waals surface area contributed by atoms with Crippen molar-refractivity contribution in [1.82, 2.24) is 14.7 Å². The molecule has 11 heteroatoms. The first-order valence-electron chi connectivity index (χ1n) is 10.9. The predicted octanol–water partition coefficient (Wildman–Crippen LogP) is 1.99. The zero-order chi connectivity index (χ0) is 25.3. The molecular weight excluding hydrogens is 454 g/mol. The lowest BCUT2D eigenvalue weighted by atomic mass is 10.1. The van der Waals surface area contributed by atoms with Crippen LogP contribution in [-0.4, -0.2) is 83.7 Å². The van der Waals surface area contributed by atoms with Crippen LogP contribution in [-0.2, 0) is 9.59 Å². The van der Waals surface area contributed by atoms with E-state index >= 15 is 0 Å². The van der Waals surface area contributed by atoms with Crippen molar-refractivity contribution in [1.29, 1.82) is 0 Å². The van der Waals surface area contributed by atoms with Gasteiger partial charge < -0.3 is 9.80 Å². The van der Waals surface area contributed by atoms with Crippen LogP contribution in [0.25, 0.3) is 6.08 Å². The molecule has 0 bridgehead atoms. The Labute approximate surface area is 201 Å². The number of likely N-dealkylation sites (N-methyl/N-ethyl adjacent to an activating group) is 2. The minimum atomic E-state index is -0.774. The molecule has 180 valence electrons. The smallest absolute Gasteiger partial charge is 0.333 e. The SMILES string of the molecule is CN1C(=O)C(=Cc2ccc(N3CCN(C(=O)c4ccccc4)CC3)c([N+](=O)[O-])c2)C(=O)N(C)C1=O. The molecule has 11 nitrogen and oxygen atoms in total. The van der Waals surface area contributed by atoms with Gasteiger partial charge in [0.2, 0.25) is 0 Å². The third kappa shape index (κ3) is 4.47. The predicted molar refractivity (Wildman–Crippen MR) is 127 cm³/mol. The van der Waals surface area contributed by atoms with Crippen LogP contribution < -0.4 is 4.90 Å². The highest BCUT2D eigenvalue weighted by atomic mass is 16.6. The molecule has 0 aliphatic carbocycles. The molecule has 2 aliphatic heterocycles. The van der Waals surface area contributed by atoms with Crippen molar-refractivity contribution in [2.45, 2.75) is 0 Å². The highest BCUT2D eigenvalue weighted by Crippen LogP contribution is 2.31. The standard InChI is InChI=1S/C24H23N5O6/c1-25-22(31)18(23(32)26(2)24(25)33)14-16-8-9-19(20(15-16)29(34)35)27-10-12-28(13-11-27)21(30)17-6-4-3-5-7-17/h3-9,14-15H,10-13H2,1-2H3. The third-order valence-corrected chi connectivity index (χ3v) is 6.08. The van der Waals surface area contributed by atoms with Gasteiger partial charge in [0.1, 0.15) is 11.3 Å². The van der Waals surface area contributed by atoms with E-state index in [-0.39, 0.29) is 22.7 Å². The van der Waals surface area contributed by atoms with Gasteiger partial charge in [0.05, 0.1) is 4.92 Å². The lowest BCUT2D eigenvalue weighted by Crippen LogP contribution is -2.52. The van der Waals surface area contributed by atoms with E-state index in [0.29, 0.717) is 37.4 Å². The Kier molecular flexibility index (Phi) is 6.32. The van der Waals surface area contributed by atoms with Crippen LogP contribution in [0.5, 0.6) is 0 Å². The number of hydrogen-bond acceptors (Lipinski definition) is 7. The van der Waals surface area contributed by atoms with Crippen molar-refractivity contribution < 1.29 is 24.1 Å². The van der Waals surface area contributed by atoms with E-state index in [1.54, 1.807) is 41.3 Å². The number of imide groups is 2. The molecule has 0 N–H and O–H groups in total. The molecule has 0 radical (unpaired) electrons. The van der Waals surface area contributed by atoms with E-state index in [0.717, 1.165) is 9.80 Å². The van der Waals surface area contributed by atoms with Gasteiger partial charge in [-0.25, -0.2) is 4.79 Å². The van der Waals surface area contributed by atoms with Crippen LogP contribution in [0.15, 0.2) is 54.1 Å². The van der Waals surface area contributed by atoms with E-state index in [1.165, 1.54) is 26.2 Å². The fourth-order valence-corrected chi connectivity index (χ4v) is 4.10. The number of carbonyl (C=O) groups is 4. The maximum atomic E-state index is 12.7. The van der Waals surface area contributed by atoms with Gasteiger partial charge in [0, 0.05) is 51.9 Å². The van der Waals surface area contributed by atoms with Crippen LogP contribution in [0.1, 0.15) is 15.9 Å². The van der Waals surface area contributed by atoms with E-state index in [4.69, 9.17) is 0 Å². The summed E-state index contributed by atoms with van der Waals surface area (Å²) in [7, 11) is 2.52. The van der Waals surface area contributed by atoms with Crippen molar-refractivity contribution in [3.63, 3.8) is 0 Å². The summed E-state index contributed by atoms with van der Waals surface area (Å²) in [5.41, 5.74) is 0.815. The molecule has 5 amide bonds. The monoisotopic (exact) mass is 477 g/mol. The molecule has 2 heterocycles. The molecule has 2 fully saturated rings. The molecular formula is C24H23N5O6. The number of rotatable bonds is 4. The lowest BCUT2D eigenvalue weighted by Gasteiger charge is -2.36. The Morgan fingerprint density at radius 3 is 2.09 bits per heavy atom. The number of nitro benzene ring substituents is 1. The van der Waals surface area contributed by atoms with E-state index in [2.05, 4.69) is 0 Å². The summed E-state index contributed by atoms with van der Waals surface area (Å²) in [6, 6.07) is 12.6. The van der Waals surface area contributed by atoms with Crippen molar-refractivity contribution in [2.24, 2.45) is 0 Å². The molecule has 0 saturated carbocycles. The average molecular weight is 477 g/mol. The lowest BCUT2D eigenvalue weighted by molar-refractivity contribution is -0.384. The third-order valence-electron chi connectivity index (χ3n) is 6.08. The van der Waals surface area contributed by atoms with E-state index in [9.17, 15) is 29.3 Å². The van der Waals surface area contributed by atoms with Crippen LogP contribution in [0.4, 0.5) is 16.2 Å². The first-order chi connectivity index (χ1) is 16.7. The number of hydrogen-bond donors (Lipinski definition) is 0. The summed E-state index contributed by atoms with van der Waals surface area (Å²) in [5, 5.41) is 11.8.